The molecular weight excluding hydrogens is 443 g/mol. The van der Waals surface area contributed by atoms with Crippen molar-refractivity contribution in [3.63, 3.8) is 0 Å². The number of nitrogens with one attached hydrogen (secondary N) is 1. The first-order chi connectivity index (χ1) is 13.9. The van der Waals surface area contributed by atoms with Crippen LogP contribution in [0.15, 0.2) is 30.3 Å². The van der Waals surface area contributed by atoms with Gasteiger partial charge in [0.1, 0.15) is 0 Å². The zero-order chi connectivity index (χ0) is 22.6. The lowest BCUT2D eigenvalue weighted by Gasteiger charge is -2.24. The van der Waals surface area contributed by atoms with Crippen LogP contribution in [0.1, 0.15) is 48.1 Å². The van der Waals surface area contributed by atoms with Crippen LogP contribution in [0.5, 0.6) is 0 Å². The number of aryl methyl sites for hydroxylation is 3. The van der Waals surface area contributed by atoms with E-state index >= 15 is 0 Å². The van der Waals surface area contributed by atoms with Gasteiger partial charge >= 0.3 is 0 Å². The second-order valence-corrected chi connectivity index (χ2v) is 10.4. The summed E-state index contributed by atoms with van der Waals surface area (Å²) in [5.41, 5.74) is 4.92. The Morgan fingerprint density at radius 2 is 1.70 bits per heavy atom. The summed E-state index contributed by atoms with van der Waals surface area (Å²) >= 11 is 12.2. The molecule has 0 heterocycles. The zero-order valence-electron chi connectivity index (χ0n) is 17.9. The molecule has 164 valence electrons. The summed E-state index contributed by atoms with van der Waals surface area (Å²) in [5.74, 6) is -0.134. The third kappa shape index (κ3) is 6.37. The Bertz CT molecular complexity index is 1040. The van der Waals surface area contributed by atoms with Crippen molar-refractivity contribution in [3.05, 3.63) is 62.6 Å². The summed E-state index contributed by atoms with van der Waals surface area (Å²) in [5, 5.41) is 3.68. The van der Waals surface area contributed by atoms with Crippen LogP contribution in [0, 0.1) is 20.8 Å². The topological polar surface area (TPSA) is 66.5 Å². The van der Waals surface area contributed by atoms with Gasteiger partial charge in [0.15, 0.2) is 0 Å². The molecule has 2 aromatic carbocycles. The lowest BCUT2D eigenvalue weighted by Crippen LogP contribution is -2.33. The summed E-state index contributed by atoms with van der Waals surface area (Å²) in [4.78, 5) is 12.5. The molecule has 0 fully saturated rings. The molecule has 1 unspecified atom stereocenters. The Hall–Kier alpha value is -1.76. The van der Waals surface area contributed by atoms with E-state index in [-0.39, 0.29) is 29.9 Å². The highest BCUT2D eigenvalue weighted by Crippen LogP contribution is 2.31. The molecule has 1 N–H and O–H groups in total. The number of hydrogen-bond acceptors (Lipinski definition) is 3. The van der Waals surface area contributed by atoms with Crippen LogP contribution in [-0.2, 0) is 14.8 Å². The first-order valence-corrected chi connectivity index (χ1v) is 12.3. The molecule has 0 spiro atoms. The molecule has 1 atom stereocenters. The van der Waals surface area contributed by atoms with Gasteiger partial charge in [-0.15, -0.1) is 0 Å². The highest BCUT2D eigenvalue weighted by atomic mass is 35.5. The van der Waals surface area contributed by atoms with Crippen LogP contribution in [0.2, 0.25) is 10.0 Å². The van der Waals surface area contributed by atoms with E-state index in [2.05, 4.69) is 24.4 Å². The Morgan fingerprint density at radius 1 is 1.07 bits per heavy atom. The van der Waals surface area contributed by atoms with Gasteiger partial charge in [-0.2, -0.15) is 0 Å². The second kappa shape index (κ2) is 10.0. The highest BCUT2D eigenvalue weighted by Gasteiger charge is 2.21. The van der Waals surface area contributed by atoms with Gasteiger partial charge < -0.3 is 5.32 Å². The minimum Gasteiger partial charge on any atom is -0.350 e. The highest BCUT2D eigenvalue weighted by molar-refractivity contribution is 7.92. The van der Waals surface area contributed by atoms with Crippen molar-refractivity contribution in [2.45, 2.75) is 46.6 Å². The summed E-state index contributed by atoms with van der Waals surface area (Å²) in [6.45, 7) is 8.22. The summed E-state index contributed by atoms with van der Waals surface area (Å²) in [6, 6.07) is 8.74. The van der Waals surface area contributed by atoms with Crippen LogP contribution in [0.4, 0.5) is 5.69 Å². The van der Waals surface area contributed by atoms with Crippen molar-refractivity contribution in [1.82, 2.24) is 5.32 Å². The third-order valence-electron chi connectivity index (χ3n) is 5.07. The predicted octanol–water partition coefficient (Wildman–Crippen LogP) is 5.34. The van der Waals surface area contributed by atoms with E-state index in [1.807, 2.05) is 20.8 Å². The van der Waals surface area contributed by atoms with Crippen molar-refractivity contribution >= 4 is 44.8 Å². The number of halogens is 2. The molecule has 0 bridgehead atoms. The Balaban J connectivity index is 2.03. The molecule has 2 rings (SSSR count). The van der Waals surface area contributed by atoms with E-state index in [1.165, 1.54) is 21.5 Å². The van der Waals surface area contributed by atoms with E-state index in [9.17, 15) is 13.2 Å². The fraction of sp³-hybridized carbons (Fsp3) is 0.409. The number of sulfonamides is 1. The van der Waals surface area contributed by atoms with E-state index in [0.717, 1.165) is 17.4 Å². The molecule has 0 aliphatic carbocycles. The minimum absolute atomic E-state index is 0.128. The van der Waals surface area contributed by atoms with E-state index < -0.39 is 10.0 Å². The molecule has 0 aliphatic heterocycles. The van der Waals surface area contributed by atoms with E-state index in [0.29, 0.717) is 17.1 Å². The molecule has 30 heavy (non-hydrogen) atoms. The molecule has 0 saturated carbocycles. The fourth-order valence-corrected chi connectivity index (χ4v) is 4.77. The van der Waals surface area contributed by atoms with Gasteiger partial charge in [0.05, 0.1) is 23.0 Å². The van der Waals surface area contributed by atoms with Crippen LogP contribution < -0.4 is 9.62 Å². The van der Waals surface area contributed by atoms with Crippen LogP contribution in [0.25, 0.3) is 0 Å². The first kappa shape index (κ1) is 24.5. The van der Waals surface area contributed by atoms with Crippen molar-refractivity contribution < 1.29 is 13.2 Å². The fourth-order valence-electron chi connectivity index (χ4n) is 3.37. The van der Waals surface area contributed by atoms with Gasteiger partial charge in [-0.3, -0.25) is 9.10 Å². The number of carbonyl (C=O) groups excluding carboxylic acids is 1. The zero-order valence-corrected chi connectivity index (χ0v) is 20.2. The van der Waals surface area contributed by atoms with Crippen molar-refractivity contribution in [3.8, 4) is 0 Å². The van der Waals surface area contributed by atoms with E-state index in [1.54, 1.807) is 12.1 Å². The average molecular weight is 471 g/mol. The SMILES string of the molecule is Cc1cc(C)c(C(C)NC(=O)CCCN(c2cc(Cl)ccc2Cl)S(C)(=O)=O)cc1C. The molecule has 1 amide bonds. The molecular formula is C22H28Cl2N2O3S. The number of rotatable bonds is 8. The maximum atomic E-state index is 12.5. The lowest BCUT2D eigenvalue weighted by atomic mass is 9.96. The smallest absolute Gasteiger partial charge is 0.232 e. The van der Waals surface area contributed by atoms with Crippen molar-refractivity contribution in [2.24, 2.45) is 0 Å². The van der Waals surface area contributed by atoms with Crippen LogP contribution in [-0.4, -0.2) is 27.1 Å². The van der Waals surface area contributed by atoms with Gasteiger partial charge in [-0.1, -0.05) is 35.3 Å². The largest absolute Gasteiger partial charge is 0.350 e. The average Bonchev–Trinajstić information content (AvgIpc) is 2.63. The Morgan fingerprint density at radius 3 is 2.33 bits per heavy atom. The number of amides is 1. The summed E-state index contributed by atoms with van der Waals surface area (Å²) in [7, 11) is -3.58. The number of benzene rings is 2. The molecule has 0 saturated heterocycles. The number of carbonyl (C=O) groups is 1. The third-order valence-corrected chi connectivity index (χ3v) is 6.80. The van der Waals surface area contributed by atoms with Gasteiger partial charge in [-0.05, 0) is 74.6 Å². The molecule has 8 heteroatoms. The maximum Gasteiger partial charge on any atom is 0.232 e. The van der Waals surface area contributed by atoms with Crippen LogP contribution in [0.3, 0.4) is 0 Å². The minimum atomic E-state index is -3.58. The molecule has 5 nitrogen and oxygen atoms in total. The summed E-state index contributed by atoms with van der Waals surface area (Å²) < 4.78 is 25.7. The standard InChI is InChI=1S/C22H28Cl2N2O3S/c1-14-11-16(3)19(12-15(14)2)17(4)25-22(27)7-6-10-26(30(5,28)29)21-13-18(23)8-9-20(21)24/h8-9,11-13,17H,6-7,10H2,1-5H3,(H,25,27). The lowest BCUT2D eigenvalue weighted by molar-refractivity contribution is -0.121. The van der Waals surface area contributed by atoms with Crippen LogP contribution >= 0.6 is 23.2 Å². The number of anilines is 1. The van der Waals surface area contributed by atoms with Gasteiger partial charge in [0.2, 0.25) is 15.9 Å². The van der Waals surface area contributed by atoms with Gasteiger partial charge in [0, 0.05) is 18.0 Å². The summed E-state index contributed by atoms with van der Waals surface area (Å²) in [6.07, 6.45) is 1.65. The quantitative estimate of drug-likeness (QED) is 0.565. The Kier molecular flexibility index (Phi) is 8.20. The Labute approximate surface area is 189 Å². The normalized spacial score (nSPS) is 12.5. The van der Waals surface area contributed by atoms with Gasteiger partial charge in [0.25, 0.3) is 0 Å². The number of nitrogens with zero attached hydrogens (tertiary/aromatic N) is 1. The predicted molar refractivity (Wildman–Crippen MR) is 125 cm³/mol. The van der Waals surface area contributed by atoms with Crippen molar-refractivity contribution in [1.29, 1.82) is 0 Å². The molecule has 0 radical (unpaired) electrons. The molecule has 0 aliphatic rings. The first-order valence-electron chi connectivity index (χ1n) is 9.70. The van der Waals surface area contributed by atoms with Crippen molar-refractivity contribution in [2.75, 3.05) is 17.1 Å². The second-order valence-electron chi connectivity index (χ2n) is 7.62. The molecule has 2 aromatic rings. The number of hydrogen-bond donors (Lipinski definition) is 1. The van der Waals surface area contributed by atoms with Gasteiger partial charge in [-0.25, -0.2) is 8.42 Å². The monoisotopic (exact) mass is 470 g/mol. The van der Waals surface area contributed by atoms with E-state index in [4.69, 9.17) is 23.2 Å². The maximum absolute atomic E-state index is 12.5. The molecule has 0 aromatic heterocycles.